The molecule has 8 nitrogen and oxygen atoms in total. The Hall–Kier alpha value is -4.19. The molecule has 0 radical (unpaired) electrons. The van der Waals surface area contributed by atoms with E-state index in [1.54, 1.807) is 12.1 Å². The van der Waals surface area contributed by atoms with Crippen molar-refractivity contribution in [2.45, 2.75) is 25.7 Å². The average Bonchev–Trinajstić information content (AvgIpc) is 3.28. The lowest BCUT2D eigenvalue weighted by Gasteiger charge is -2.14. The number of nitrogens with zero attached hydrogens (tertiary/aromatic N) is 2. The SMILES string of the molecule is COc1cc(/C=C(\C#N)C(=O)Nc2sc3c(c2C#N)CCCC3)cc(Br)c1OCC(=O)Nc1ccc(F)cc1. The Morgan fingerprint density at radius 1 is 1.15 bits per heavy atom. The molecule has 198 valence electrons. The topological polar surface area (TPSA) is 124 Å². The van der Waals surface area contributed by atoms with Crippen molar-refractivity contribution >= 4 is 55.8 Å². The first-order valence-corrected chi connectivity index (χ1v) is 13.5. The van der Waals surface area contributed by atoms with Gasteiger partial charge in [-0.3, -0.25) is 9.59 Å². The molecule has 0 saturated carbocycles. The smallest absolute Gasteiger partial charge is 0.266 e. The van der Waals surface area contributed by atoms with Crippen molar-refractivity contribution in [1.29, 1.82) is 10.5 Å². The number of anilines is 2. The van der Waals surface area contributed by atoms with Crippen LogP contribution in [0, 0.1) is 28.5 Å². The van der Waals surface area contributed by atoms with E-state index in [1.807, 2.05) is 6.07 Å². The number of benzene rings is 2. The molecule has 0 fully saturated rings. The van der Waals surface area contributed by atoms with Crippen molar-refractivity contribution in [2.75, 3.05) is 24.4 Å². The number of carbonyl (C=O) groups is 2. The predicted molar refractivity (Wildman–Crippen MR) is 149 cm³/mol. The van der Waals surface area contributed by atoms with Gasteiger partial charge < -0.3 is 20.1 Å². The third kappa shape index (κ3) is 6.63. The number of hydrogen-bond acceptors (Lipinski definition) is 7. The summed E-state index contributed by atoms with van der Waals surface area (Å²) in [5.74, 6) is -0.994. The number of amides is 2. The van der Waals surface area contributed by atoms with E-state index < -0.39 is 17.6 Å². The molecule has 0 unspecified atom stereocenters. The highest BCUT2D eigenvalue weighted by Gasteiger charge is 2.23. The van der Waals surface area contributed by atoms with Gasteiger partial charge in [0.1, 0.15) is 28.5 Å². The van der Waals surface area contributed by atoms with Gasteiger partial charge in [-0.25, -0.2) is 4.39 Å². The first kappa shape index (κ1) is 27.8. The van der Waals surface area contributed by atoms with E-state index in [2.05, 4.69) is 32.6 Å². The van der Waals surface area contributed by atoms with Gasteiger partial charge in [-0.05, 0) is 95.2 Å². The van der Waals surface area contributed by atoms with Crippen molar-refractivity contribution < 1.29 is 23.5 Å². The van der Waals surface area contributed by atoms with Crippen molar-refractivity contribution in [3.05, 3.63) is 73.8 Å². The maximum absolute atomic E-state index is 13.1. The lowest BCUT2D eigenvalue weighted by Crippen LogP contribution is -2.20. The summed E-state index contributed by atoms with van der Waals surface area (Å²) in [6, 6.07) is 12.6. The van der Waals surface area contributed by atoms with Crippen molar-refractivity contribution in [3.8, 4) is 23.6 Å². The average molecular weight is 609 g/mol. The van der Waals surface area contributed by atoms with Crippen LogP contribution in [0.4, 0.5) is 15.1 Å². The third-order valence-electron chi connectivity index (χ3n) is 5.91. The first-order valence-electron chi connectivity index (χ1n) is 11.9. The van der Waals surface area contributed by atoms with Gasteiger partial charge in [0, 0.05) is 10.6 Å². The number of methoxy groups -OCH3 is 1. The van der Waals surface area contributed by atoms with Crippen molar-refractivity contribution in [2.24, 2.45) is 0 Å². The summed E-state index contributed by atoms with van der Waals surface area (Å²) in [5, 5.41) is 25.1. The van der Waals surface area contributed by atoms with Crippen LogP contribution in [-0.2, 0) is 22.4 Å². The van der Waals surface area contributed by atoms with Crippen LogP contribution >= 0.6 is 27.3 Å². The fourth-order valence-electron chi connectivity index (χ4n) is 4.09. The van der Waals surface area contributed by atoms with Gasteiger partial charge >= 0.3 is 0 Å². The Balaban J connectivity index is 1.49. The van der Waals surface area contributed by atoms with Crippen LogP contribution in [0.25, 0.3) is 6.08 Å². The number of ether oxygens (including phenoxy) is 2. The zero-order valence-electron chi connectivity index (χ0n) is 20.8. The molecule has 1 aliphatic carbocycles. The highest BCUT2D eigenvalue weighted by molar-refractivity contribution is 9.10. The summed E-state index contributed by atoms with van der Waals surface area (Å²) in [7, 11) is 1.42. The molecule has 0 atom stereocenters. The van der Waals surface area contributed by atoms with Crippen LogP contribution < -0.4 is 20.1 Å². The van der Waals surface area contributed by atoms with E-state index >= 15 is 0 Å². The van der Waals surface area contributed by atoms with E-state index in [0.717, 1.165) is 36.1 Å². The minimum Gasteiger partial charge on any atom is -0.493 e. The number of fused-ring (bicyclic) bond motifs is 1. The number of rotatable bonds is 8. The molecule has 39 heavy (non-hydrogen) atoms. The molecular formula is C28H22BrFN4O4S. The number of carbonyl (C=O) groups excluding carboxylic acids is 2. The Kier molecular flexibility index (Phi) is 8.97. The van der Waals surface area contributed by atoms with Gasteiger partial charge in [0.15, 0.2) is 18.1 Å². The van der Waals surface area contributed by atoms with Gasteiger partial charge in [-0.2, -0.15) is 10.5 Å². The van der Waals surface area contributed by atoms with Gasteiger partial charge in [0.05, 0.1) is 17.1 Å². The molecule has 1 heterocycles. The molecule has 2 amide bonds. The van der Waals surface area contributed by atoms with Gasteiger partial charge in [-0.15, -0.1) is 11.3 Å². The van der Waals surface area contributed by atoms with Crippen LogP contribution in [0.1, 0.15) is 34.4 Å². The molecular weight excluding hydrogens is 587 g/mol. The zero-order valence-corrected chi connectivity index (χ0v) is 23.2. The maximum Gasteiger partial charge on any atom is 0.266 e. The second kappa shape index (κ2) is 12.6. The lowest BCUT2D eigenvalue weighted by atomic mass is 9.96. The molecule has 0 aliphatic heterocycles. The van der Waals surface area contributed by atoms with Crippen LogP contribution in [0.2, 0.25) is 0 Å². The Bertz CT molecular complexity index is 1540. The molecule has 0 saturated heterocycles. The summed E-state index contributed by atoms with van der Waals surface area (Å²) in [6.45, 7) is -0.348. The minimum atomic E-state index is -0.625. The fourth-order valence-corrected chi connectivity index (χ4v) is 5.90. The van der Waals surface area contributed by atoms with E-state index in [9.17, 15) is 24.5 Å². The Morgan fingerprint density at radius 2 is 1.90 bits per heavy atom. The Labute approximate surface area is 236 Å². The quantitative estimate of drug-likeness (QED) is 0.240. The summed E-state index contributed by atoms with van der Waals surface area (Å²) in [4.78, 5) is 26.3. The van der Waals surface area contributed by atoms with Crippen molar-refractivity contribution in [3.63, 3.8) is 0 Å². The van der Waals surface area contributed by atoms with E-state index in [1.165, 1.54) is 48.8 Å². The minimum absolute atomic E-state index is 0.161. The highest BCUT2D eigenvalue weighted by atomic mass is 79.9. The lowest BCUT2D eigenvalue weighted by molar-refractivity contribution is -0.118. The number of hydrogen-bond donors (Lipinski definition) is 2. The monoisotopic (exact) mass is 608 g/mol. The standard InChI is InChI=1S/C28H22BrFN4O4S/c1-37-23-12-16(11-22(29)26(23)38-15-25(35)33-19-8-6-18(30)7-9-19)10-17(13-31)27(36)34-28-21(14-32)20-4-2-3-5-24(20)39-28/h6-12H,2-5,15H2,1H3,(H,33,35)(H,34,36)/b17-10+. The second-order valence-corrected chi connectivity index (χ2v) is 10.5. The largest absolute Gasteiger partial charge is 0.493 e. The summed E-state index contributed by atoms with van der Waals surface area (Å²) >= 11 is 4.78. The van der Waals surface area contributed by atoms with Crippen LogP contribution in [-0.4, -0.2) is 25.5 Å². The number of aryl methyl sites for hydroxylation is 1. The third-order valence-corrected chi connectivity index (χ3v) is 7.71. The van der Waals surface area contributed by atoms with Crippen molar-refractivity contribution in [1.82, 2.24) is 0 Å². The number of nitriles is 2. The molecule has 3 aromatic rings. The van der Waals surface area contributed by atoms with Gasteiger partial charge in [0.2, 0.25) is 0 Å². The van der Waals surface area contributed by atoms with Crippen LogP contribution in [0.15, 0.2) is 46.4 Å². The van der Waals surface area contributed by atoms with Crippen LogP contribution in [0.5, 0.6) is 11.5 Å². The van der Waals surface area contributed by atoms with Gasteiger partial charge in [0.25, 0.3) is 11.8 Å². The molecule has 4 rings (SSSR count). The van der Waals surface area contributed by atoms with E-state index in [4.69, 9.17) is 9.47 Å². The first-order chi connectivity index (χ1) is 18.8. The number of thiophene rings is 1. The normalized spacial score (nSPS) is 12.5. The molecule has 11 heteroatoms. The van der Waals surface area contributed by atoms with Gasteiger partial charge in [-0.1, -0.05) is 0 Å². The van der Waals surface area contributed by atoms with Crippen LogP contribution in [0.3, 0.4) is 0 Å². The van der Waals surface area contributed by atoms with E-state index in [-0.39, 0.29) is 23.7 Å². The number of nitrogens with one attached hydrogen (secondary N) is 2. The number of halogens is 2. The second-order valence-electron chi connectivity index (χ2n) is 8.53. The molecule has 1 aliphatic rings. The predicted octanol–water partition coefficient (Wildman–Crippen LogP) is 5.97. The van der Waals surface area contributed by atoms with E-state index in [0.29, 0.717) is 26.3 Å². The summed E-state index contributed by atoms with van der Waals surface area (Å²) in [5.41, 5.74) is 2.19. The molecule has 2 aromatic carbocycles. The molecule has 1 aromatic heterocycles. The molecule has 0 spiro atoms. The Morgan fingerprint density at radius 3 is 2.59 bits per heavy atom. The molecule has 2 N–H and O–H groups in total. The summed E-state index contributed by atoms with van der Waals surface area (Å²) in [6.07, 6.45) is 5.13. The summed E-state index contributed by atoms with van der Waals surface area (Å²) < 4.78 is 24.5. The maximum atomic E-state index is 13.1. The fraction of sp³-hybridized carbons (Fsp3) is 0.214. The zero-order chi connectivity index (χ0) is 27.9. The highest BCUT2D eigenvalue weighted by Crippen LogP contribution is 2.39. The molecule has 0 bridgehead atoms.